The zero-order valence-electron chi connectivity index (χ0n) is 21.0. The highest BCUT2D eigenvalue weighted by Crippen LogP contribution is 2.39. The van der Waals surface area contributed by atoms with Crippen LogP contribution >= 0.6 is 23.2 Å². The van der Waals surface area contributed by atoms with Crippen LogP contribution in [0.4, 0.5) is 0 Å². The number of rotatable bonds is 7. The van der Waals surface area contributed by atoms with E-state index >= 15 is 0 Å². The van der Waals surface area contributed by atoms with Crippen LogP contribution in [0.15, 0.2) is 72.9 Å². The topological polar surface area (TPSA) is 64.3 Å². The lowest BCUT2D eigenvalue weighted by atomic mass is 9.87. The summed E-state index contributed by atoms with van der Waals surface area (Å²) in [5.41, 5.74) is 6.95. The second-order valence-electron chi connectivity index (χ2n) is 9.31. The molecule has 1 aromatic heterocycles. The molecule has 5 rings (SSSR count). The van der Waals surface area contributed by atoms with E-state index in [2.05, 4.69) is 30.2 Å². The summed E-state index contributed by atoms with van der Waals surface area (Å²) in [6, 6.07) is 19.8. The summed E-state index contributed by atoms with van der Waals surface area (Å²) < 4.78 is 7.97. The summed E-state index contributed by atoms with van der Waals surface area (Å²) in [4.78, 5) is 11.0. The van der Waals surface area contributed by atoms with Gasteiger partial charge in [0.1, 0.15) is 0 Å². The molecule has 0 saturated carbocycles. The van der Waals surface area contributed by atoms with Crippen molar-refractivity contribution in [1.29, 1.82) is 0 Å². The molecular formula is C31H28Cl2N2O3. The molecule has 3 aromatic carbocycles. The van der Waals surface area contributed by atoms with E-state index < -0.39 is 5.97 Å². The molecule has 2 heterocycles. The Bertz CT molecular complexity index is 1530. The van der Waals surface area contributed by atoms with Gasteiger partial charge in [-0.25, -0.2) is 9.48 Å². The molecule has 1 saturated heterocycles. The molecule has 1 atom stereocenters. The van der Waals surface area contributed by atoms with Gasteiger partial charge in [-0.3, -0.25) is 0 Å². The average molecular weight is 547 g/mol. The average Bonchev–Trinajstić information content (AvgIpc) is 3.35. The minimum atomic E-state index is -0.979. The summed E-state index contributed by atoms with van der Waals surface area (Å²) in [5.74, 6) is -0.979. The van der Waals surface area contributed by atoms with Crippen LogP contribution in [0.25, 0.3) is 28.1 Å². The van der Waals surface area contributed by atoms with Gasteiger partial charge in [-0.15, -0.1) is 0 Å². The monoisotopic (exact) mass is 546 g/mol. The normalized spacial score (nSPS) is 16.7. The number of halogens is 2. The van der Waals surface area contributed by atoms with Gasteiger partial charge >= 0.3 is 5.97 Å². The SMILES string of the molecule is CCC(=C(c1ccc(C=CC(=O)O)cc1)c1ccc2c(cnn2C2CCCCO2)c1)c1ccc(Cl)cc1Cl. The molecular weight excluding hydrogens is 519 g/mol. The second kappa shape index (κ2) is 11.6. The summed E-state index contributed by atoms with van der Waals surface area (Å²) in [5, 5.41) is 15.9. The number of nitrogens with zero attached hydrogens (tertiary/aromatic N) is 2. The zero-order chi connectivity index (χ0) is 26.6. The van der Waals surface area contributed by atoms with Gasteiger partial charge in [0.25, 0.3) is 0 Å². The van der Waals surface area contributed by atoms with E-state index in [1.165, 1.54) is 0 Å². The van der Waals surface area contributed by atoms with E-state index in [9.17, 15) is 4.79 Å². The molecule has 1 fully saturated rings. The first kappa shape index (κ1) is 26.2. The van der Waals surface area contributed by atoms with Crippen molar-refractivity contribution in [3.63, 3.8) is 0 Å². The molecule has 1 N–H and O–H groups in total. The Morgan fingerprint density at radius 3 is 2.55 bits per heavy atom. The fraction of sp³-hybridized carbons (Fsp3) is 0.226. The van der Waals surface area contributed by atoms with Gasteiger partial charge in [0.15, 0.2) is 6.23 Å². The molecule has 1 unspecified atom stereocenters. The van der Waals surface area contributed by atoms with E-state index in [0.29, 0.717) is 10.0 Å². The number of carboxylic acid groups (broad SMARTS) is 1. The van der Waals surface area contributed by atoms with Crippen molar-refractivity contribution in [2.24, 2.45) is 0 Å². The van der Waals surface area contributed by atoms with Crippen LogP contribution < -0.4 is 0 Å². The predicted octanol–water partition coefficient (Wildman–Crippen LogP) is 8.51. The summed E-state index contributed by atoms with van der Waals surface area (Å²) in [7, 11) is 0. The van der Waals surface area contributed by atoms with Crippen LogP contribution in [0.2, 0.25) is 10.0 Å². The van der Waals surface area contributed by atoms with E-state index in [-0.39, 0.29) is 6.23 Å². The number of aromatic nitrogens is 2. The Morgan fingerprint density at radius 2 is 1.87 bits per heavy atom. The highest BCUT2D eigenvalue weighted by atomic mass is 35.5. The fourth-order valence-corrected chi connectivity index (χ4v) is 5.56. The molecule has 0 aliphatic carbocycles. The Morgan fingerprint density at radius 1 is 1.08 bits per heavy atom. The fourth-order valence-electron chi connectivity index (χ4n) is 5.03. The maximum absolute atomic E-state index is 11.0. The number of ether oxygens (including phenoxy) is 1. The predicted molar refractivity (Wildman–Crippen MR) is 154 cm³/mol. The lowest BCUT2D eigenvalue weighted by Crippen LogP contribution is -2.18. The summed E-state index contributed by atoms with van der Waals surface area (Å²) >= 11 is 12.9. The molecule has 0 spiro atoms. The van der Waals surface area contributed by atoms with E-state index in [1.807, 2.05) is 47.3 Å². The van der Waals surface area contributed by atoms with Crippen LogP contribution in [0, 0.1) is 0 Å². The number of benzene rings is 3. The van der Waals surface area contributed by atoms with Gasteiger partial charge in [-0.2, -0.15) is 5.10 Å². The second-order valence-corrected chi connectivity index (χ2v) is 10.2. The van der Waals surface area contributed by atoms with E-state index in [4.69, 9.17) is 33.0 Å². The van der Waals surface area contributed by atoms with Gasteiger partial charge in [-0.05, 0) is 89.4 Å². The van der Waals surface area contributed by atoms with Gasteiger partial charge in [0, 0.05) is 28.1 Å². The molecule has 0 amide bonds. The first-order chi connectivity index (χ1) is 18.4. The van der Waals surface area contributed by atoms with Crippen molar-refractivity contribution in [3.8, 4) is 0 Å². The maximum Gasteiger partial charge on any atom is 0.328 e. The quantitative estimate of drug-likeness (QED) is 0.186. The van der Waals surface area contributed by atoms with Crippen molar-refractivity contribution in [2.45, 2.75) is 38.8 Å². The molecule has 194 valence electrons. The Labute approximate surface area is 232 Å². The molecule has 1 aliphatic heterocycles. The molecule has 5 nitrogen and oxygen atoms in total. The van der Waals surface area contributed by atoms with E-state index in [0.717, 1.165) is 82.7 Å². The smallest absolute Gasteiger partial charge is 0.328 e. The third-order valence-electron chi connectivity index (χ3n) is 6.84. The number of hydrogen-bond donors (Lipinski definition) is 1. The molecule has 7 heteroatoms. The van der Waals surface area contributed by atoms with Gasteiger partial charge in [0.05, 0.1) is 11.7 Å². The summed E-state index contributed by atoms with van der Waals surface area (Å²) in [6.45, 7) is 2.87. The van der Waals surface area contributed by atoms with E-state index in [1.54, 1.807) is 12.1 Å². The van der Waals surface area contributed by atoms with Crippen molar-refractivity contribution in [3.05, 3.63) is 105 Å². The number of hydrogen-bond acceptors (Lipinski definition) is 3. The van der Waals surface area contributed by atoms with Gasteiger partial charge < -0.3 is 9.84 Å². The lowest BCUT2D eigenvalue weighted by molar-refractivity contribution is -0.131. The Hall–Kier alpha value is -3.38. The zero-order valence-corrected chi connectivity index (χ0v) is 22.5. The van der Waals surface area contributed by atoms with Crippen molar-refractivity contribution in [1.82, 2.24) is 9.78 Å². The largest absolute Gasteiger partial charge is 0.478 e. The Balaban J connectivity index is 1.65. The molecule has 0 bridgehead atoms. The van der Waals surface area contributed by atoms with Gasteiger partial charge in [-0.1, -0.05) is 66.5 Å². The van der Waals surface area contributed by atoms with Crippen LogP contribution in [-0.4, -0.2) is 27.5 Å². The lowest BCUT2D eigenvalue weighted by Gasteiger charge is -2.23. The minimum Gasteiger partial charge on any atom is -0.478 e. The highest BCUT2D eigenvalue weighted by molar-refractivity contribution is 6.36. The van der Waals surface area contributed by atoms with Crippen LogP contribution in [0.1, 0.15) is 61.1 Å². The molecule has 1 aliphatic rings. The first-order valence-corrected chi connectivity index (χ1v) is 13.5. The van der Waals surface area contributed by atoms with Crippen molar-refractivity contribution < 1.29 is 14.6 Å². The number of carboxylic acids is 1. The minimum absolute atomic E-state index is 0.0346. The Kier molecular flexibility index (Phi) is 7.98. The van der Waals surface area contributed by atoms with Crippen LogP contribution in [-0.2, 0) is 9.53 Å². The highest BCUT2D eigenvalue weighted by Gasteiger charge is 2.20. The number of carbonyl (C=O) groups is 1. The molecule has 4 aromatic rings. The maximum atomic E-state index is 11.0. The number of fused-ring (bicyclic) bond motifs is 1. The number of aliphatic carboxylic acids is 1. The molecule has 38 heavy (non-hydrogen) atoms. The number of allylic oxidation sites excluding steroid dienone is 1. The standard InChI is InChI=1S/C31H28Cl2N2O3/c1-2-25(26-13-12-24(32)18-27(26)33)31(21-9-6-20(7-10-21)8-15-30(36)37)22-11-14-28-23(17-22)19-34-35(28)29-5-3-4-16-38-29/h6-15,17-19,29H,2-5,16H2,1H3,(H,36,37). The van der Waals surface area contributed by atoms with Crippen LogP contribution in [0.5, 0.6) is 0 Å². The van der Waals surface area contributed by atoms with Crippen LogP contribution in [0.3, 0.4) is 0 Å². The summed E-state index contributed by atoms with van der Waals surface area (Å²) in [6.07, 6.45) is 8.51. The van der Waals surface area contributed by atoms with Gasteiger partial charge in [0.2, 0.25) is 0 Å². The third kappa shape index (κ3) is 5.56. The van der Waals surface area contributed by atoms with Crippen molar-refractivity contribution >= 4 is 57.3 Å². The molecule has 0 radical (unpaired) electrons. The van der Waals surface area contributed by atoms with Crippen molar-refractivity contribution in [2.75, 3.05) is 6.61 Å². The first-order valence-electron chi connectivity index (χ1n) is 12.7. The third-order valence-corrected chi connectivity index (χ3v) is 7.39.